The maximum Gasteiger partial charge on any atom is 0.276 e. The lowest BCUT2D eigenvalue weighted by atomic mass is 10.2. The van der Waals surface area contributed by atoms with Gasteiger partial charge >= 0.3 is 0 Å². The van der Waals surface area contributed by atoms with Gasteiger partial charge in [-0.1, -0.05) is 29.8 Å². The van der Waals surface area contributed by atoms with Crippen molar-refractivity contribution in [3.8, 4) is 11.5 Å². The van der Waals surface area contributed by atoms with Gasteiger partial charge in [0.2, 0.25) is 0 Å². The standard InChI is InChI=1S/C19H18ClN3O5/c1-12-6-7-13(20)16(8-12)27-10-18(25)22-21-17(24)9-23-14-4-2-3-5-15(14)28-11-19(23)26/h2-8H,9-11H2,1H3,(H,21,24)(H,22,25). The average molecular weight is 404 g/mol. The van der Waals surface area contributed by atoms with Crippen molar-refractivity contribution in [2.75, 3.05) is 24.7 Å². The second kappa shape index (κ2) is 8.62. The smallest absolute Gasteiger partial charge is 0.276 e. The van der Waals surface area contributed by atoms with Crippen molar-refractivity contribution < 1.29 is 23.9 Å². The van der Waals surface area contributed by atoms with Gasteiger partial charge < -0.3 is 9.47 Å². The number of carbonyl (C=O) groups is 3. The lowest BCUT2D eigenvalue weighted by Crippen LogP contribution is -2.50. The van der Waals surface area contributed by atoms with Crippen LogP contribution in [0.3, 0.4) is 0 Å². The summed E-state index contributed by atoms with van der Waals surface area (Å²) in [6.45, 7) is 1.13. The summed E-state index contributed by atoms with van der Waals surface area (Å²) in [5.41, 5.74) is 5.93. The number of halogens is 1. The van der Waals surface area contributed by atoms with Crippen LogP contribution < -0.4 is 25.2 Å². The van der Waals surface area contributed by atoms with Gasteiger partial charge in [0, 0.05) is 0 Å². The van der Waals surface area contributed by atoms with E-state index in [-0.39, 0.29) is 25.7 Å². The van der Waals surface area contributed by atoms with Gasteiger partial charge in [-0.25, -0.2) is 0 Å². The van der Waals surface area contributed by atoms with Gasteiger partial charge in [0.05, 0.1) is 10.7 Å². The second-order valence-corrected chi connectivity index (χ2v) is 6.46. The summed E-state index contributed by atoms with van der Waals surface area (Å²) in [5, 5.41) is 0.381. The van der Waals surface area contributed by atoms with E-state index in [9.17, 15) is 14.4 Å². The van der Waals surface area contributed by atoms with Gasteiger partial charge in [-0.2, -0.15) is 0 Å². The summed E-state index contributed by atoms with van der Waals surface area (Å²) in [4.78, 5) is 37.3. The number of nitrogens with one attached hydrogen (secondary N) is 2. The number of hydrogen-bond donors (Lipinski definition) is 2. The third-order valence-electron chi connectivity index (χ3n) is 3.90. The molecule has 0 aliphatic carbocycles. The molecule has 2 aromatic rings. The summed E-state index contributed by atoms with van der Waals surface area (Å²) in [6.07, 6.45) is 0. The Labute approximate surface area is 166 Å². The largest absolute Gasteiger partial charge is 0.482 e. The number of para-hydroxylation sites is 2. The Morgan fingerprint density at radius 2 is 1.93 bits per heavy atom. The van der Waals surface area contributed by atoms with Crippen molar-refractivity contribution in [1.82, 2.24) is 10.9 Å². The lowest BCUT2D eigenvalue weighted by Gasteiger charge is -2.28. The van der Waals surface area contributed by atoms with Gasteiger partial charge in [-0.3, -0.25) is 30.1 Å². The molecule has 9 heteroatoms. The summed E-state index contributed by atoms with van der Waals surface area (Å²) in [7, 11) is 0. The van der Waals surface area contributed by atoms with Gasteiger partial charge in [-0.05, 0) is 36.8 Å². The van der Waals surface area contributed by atoms with Crippen molar-refractivity contribution in [2.45, 2.75) is 6.92 Å². The van der Waals surface area contributed by atoms with Crippen LogP contribution in [0.15, 0.2) is 42.5 Å². The Balaban J connectivity index is 1.50. The Morgan fingerprint density at radius 1 is 1.18 bits per heavy atom. The zero-order valence-electron chi connectivity index (χ0n) is 15.0. The minimum absolute atomic E-state index is 0.151. The zero-order chi connectivity index (χ0) is 20.1. The van der Waals surface area contributed by atoms with E-state index < -0.39 is 11.8 Å². The number of hydrazine groups is 1. The first kappa shape index (κ1) is 19.5. The first-order valence-electron chi connectivity index (χ1n) is 8.43. The topological polar surface area (TPSA) is 97.0 Å². The number of carbonyl (C=O) groups excluding carboxylic acids is 3. The summed E-state index contributed by atoms with van der Waals surface area (Å²) >= 11 is 6.00. The molecular formula is C19H18ClN3O5. The number of aryl methyl sites for hydroxylation is 1. The van der Waals surface area contributed by atoms with Crippen LogP contribution in [0.4, 0.5) is 5.69 Å². The predicted molar refractivity (Wildman–Crippen MR) is 102 cm³/mol. The highest BCUT2D eigenvalue weighted by Crippen LogP contribution is 2.31. The highest BCUT2D eigenvalue weighted by atomic mass is 35.5. The highest BCUT2D eigenvalue weighted by Gasteiger charge is 2.27. The van der Waals surface area contributed by atoms with E-state index in [2.05, 4.69) is 10.9 Å². The van der Waals surface area contributed by atoms with E-state index >= 15 is 0 Å². The van der Waals surface area contributed by atoms with E-state index in [1.807, 2.05) is 13.0 Å². The van der Waals surface area contributed by atoms with Crippen LogP contribution in [-0.2, 0) is 14.4 Å². The molecule has 0 spiro atoms. The Kier molecular flexibility index (Phi) is 6.00. The molecule has 0 unspecified atom stereocenters. The van der Waals surface area contributed by atoms with Crippen molar-refractivity contribution >= 4 is 35.0 Å². The zero-order valence-corrected chi connectivity index (χ0v) is 15.8. The molecule has 0 radical (unpaired) electrons. The molecule has 0 saturated carbocycles. The molecule has 0 aromatic heterocycles. The molecule has 1 aliphatic heterocycles. The van der Waals surface area contributed by atoms with Crippen molar-refractivity contribution in [3.05, 3.63) is 53.1 Å². The van der Waals surface area contributed by atoms with E-state index in [0.29, 0.717) is 22.2 Å². The first-order valence-corrected chi connectivity index (χ1v) is 8.80. The SMILES string of the molecule is Cc1ccc(Cl)c(OCC(=O)NNC(=O)CN2C(=O)COc3ccccc32)c1. The third-order valence-corrected chi connectivity index (χ3v) is 4.21. The molecular weight excluding hydrogens is 386 g/mol. The van der Waals surface area contributed by atoms with Crippen LogP contribution >= 0.6 is 11.6 Å². The third kappa shape index (κ3) is 4.72. The van der Waals surface area contributed by atoms with Gasteiger partial charge in [0.25, 0.3) is 17.7 Å². The summed E-state index contributed by atoms with van der Waals surface area (Å²) in [6, 6.07) is 12.1. The molecule has 3 amide bonds. The number of anilines is 1. The van der Waals surface area contributed by atoms with Crippen LogP contribution in [0.2, 0.25) is 5.02 Å². The minimum Gasteiger partial charge on any atom is -0.482 e. The van der Waals surface area contributed by atoms with Crippen molar-refractivity contribution in [1.29, 1.82) is 0 Å². The first-order chi connectivity index (χ1) is 13.4. The van der Waals surface area contributed by atoms with Crippen LogP contribution in [0, 0.1) is 6.92 Å². The number of benzene rings is 2. The number of amides is 3. The predicted octanol–water partition coefficient (Wildman–Crippen LogP) is 1.60. The van der Waals surface area contributed by atoms with Crippen LogP contribution in [0.25, 0.3) is 0 Å². The number of hydrogen-bond acceptors (Lipinski definition) is 5. The minimum atomic E-state index is -0.570. The van der Waals surface area contributed by atoms with Gasteiger partial charge in [0.15, 0.2) is 13.2 Å². The molecule has 0 saturated heterocycles. The Bertz CT molecular complexity index is 918. The Morgan fingerprint density at radius 3 is 2.75 bits per heavy atom. The number of rotatable bonds is 5. The number of ether oxygens (including phenoxy) is 2. The molecule has 0 atom stereocenters. The number of nitrogens with zero attached hydrogens (tertiary/aromatic N) is 1. The lowest BCUT2D eigenvalue weighted by molar-refractivity contribution is -0.130. The molecule has 3 rings (SSSR count). The molecule has 8 nitrogen and oxygen atoms in total. The van der Waals surface area contributed by atoms with E-state index in [1.165, 1.54) is 4.90 Å². The second-order valence-electron chi connectivity index (χ2n) is 6.06. The van der Waals surface area contributed by atoms with Crippen molar-refractivity contribution in [3.63, 3.8) is 0 Å². The Hall–Kier alpha value is -3.26. The highest BCUT2D eigenvalue weighted by molar-refractivity contribution is 6.32. The summed E-state index contributed by atoms with van der Waals surface area (Å²) < 4.78 is 10.7. The molecule has 1 aliphatic rings. The quantitative estimate of drug-likeness (QED) is 0.739. The van der Waals surface area contributed by atoms with E-state index in [1.54, 1.807) is 36.4 Å². The fourth-order valence-electron chi connectivity index (χ4n) is 2.55. The van der Waals surface area contributed by atoms with Gasteiger partial charge in [-0.15, -0.1) is 0 Å². The molecule has 0 bridgehead atoms. The molecule has 28 heavy (non-hydrogen) atoms. The van der Waals surface area contributed by atoms with Crippen LogP contribution in [0.1, 0.15) is 5.56 Å². The number of fused-ring (bicyclic) bond motifs is 1. The van der Waals surface area contributed by atoms with Gasteiger partial charge in [0.1, 0.15) is 18.0 Å². The van der Waals surface area contributed by atoms with Crippen LogP contribution in [0.5, 0.6) is 11.5 Å². The molecule has 1 heterocycles. The maximum absolute atomic E-state index is 12.1. The molecule has 2 aromatic carbocycles. The normalized spacial score (nSPS) is 12.6. The molecule has 0 fully saturated rings. The summed E-state index contributed by atoms with van der Waals surface area (Å²) in [5.74, 6) is -0.592. The van der Waals surface area contributed by atoms with Crippen LogP contribution in [-0.4, -0.2) is 37.5 Å². The fourth-order valence-corrected chi connectivity index (χ4v) is 2.72. The average Bonchev–Trinajstić information content (AvgIpc) is 2.69. The van der Waals surface area contributed by atoms with E-state index in [4.69, 9.17) is 21.1 Å². The molecule has 2 N–H and O–H groups in total. The maximum atomic E-state index is 12.1. The van der Waals surface area contributed by atoms with E-state index in [0.717, 1.165) is 5.56 Å². The fraction of sp³-hybridized carbons (Fsp3) is 0.211. The van der Waals surface area contributed by atoms with Crippen molar-refractivity contribution in [2.24, 2.45) is 0 Å². The molecule has 146 valence electrons. The monoisotopic (exact) mass is 403 g/mol.